The average Bonchev–Trinajstić information content (AvgIpc) is 3.21. The minimum Gasteiger partial charge on any atom is -0.357 e. The molecule has 1 aliphatic carbocycles. The highest BCUT2D eigenvalue weighted by Crippen LogP contribution is 2.42. The van der Waals surface area contributed by atoms with Gasteiger partial charge in [0.2, 0.25) is 0 Å². The second-order valence-corrected chi connectivity index (χ2v) is 6.59. The summed E-state index contributed by atoms with van der Waals surface area (Å²) in [7, 11) is 0. The third-order valence-corrected chi connectivity index (χ3v) is 4.86. The van der Waals surface area contributed by atoms with E-state index >= 15 is 0 Å². The van der Waals surface area contributed by atoms with Crippen molar-refractivity contribution in [3.05, 3.63) is 42.4 Å². The zero-order valence-corrected chi connectivity index (χ0v) is 13.1. The fourth-order valence-corrected chi connectivity index (χ4v) is 3.45. The van der Waals surface area contributed by atoms with Gasteiger partial charge in [-0.2, -0.15) is 10.2 Å². The predicted molar refractivity (Wildman–Crippen MR) is 87.7 cm³/mol. The van der Waals surface area contributed by atoms with E-state index in [1.54, 1.807) is 0 Å². The highest BCUT2D eigenvalue weighted by Gasteiger charge is 2.32. The topological polar surface area (TPSA) is 44.9 Å². The Bertz CT molecular complexity index is 840. The summed E-state index contributed by atoms with van der Waals surface area (Å²) in [6, 6.07) is 8.33. The molecule has 3 aromatic rings. The highest BCUT2D eigenvalue weighted by atomic mass is 16.5. The zero-order valence-electron chi connectivity index (χ0n) is 13.1. The van der Waals surface area contributed by atoms with Crippen LogP contribution in [0, 0.1) is 0 Å². The summed E-state index contributed by atoms with van der Waals surface area (Å²) < 4.78 is 9.97. The normalized spacial score (nSPS) is 21.8. The van der Waals surface area contributed by atoms with Gasteiger partial charge in [-0.15, -0.1) is 0 Å². The summed E-state index contributed by atoms with van der Waals surface area (Å²) in [5.74, 6) is 0.581. The van der Waals surface area contributed by atoms with Gasteiger partial charge < -0.3 is 4.74 Å². The smallest absolute Gasteiger partial charge is 0.150 e. The van der Waals surface area contributed by atoms with Gasteiger partial charge in [-0.3, -0.25) is 0 Å². The van der Waals surface area contributed by atoms with E-state index in [2.05, 4.69) is 35.6 Å². The monoisotopic (exact) mass is 308 g/mol. The van der Waals surface area contributed by atoms with Crippen molar-refractivity contribution < 1.29 is 4.74 Å². The molecule has 1 unspecified atom stereocenters. The largest absolute Gasteiger partial charge is 0.357 e. The molecule has 23 heavy (non-hydrogen) atoms. The second-order valence-electron chi connectivity index (χ2n) is 6.59. The molecule has 2 fully saturated rings. The lowest BCUT2D eigenvalue weighted by Gasteiger charge is -2.22. The number of para-hydroxylation sites is 1. The number of aromatic nitrogens is 4. The van der Waals surface area contributed by atoms with Crippen LogP contribution in [0.15, 0.2) is 36.7 Å². The van der Waals surface area contributed by atoms with Crippen molar-refractivity contribution in [2.24, 2.45) is 0 Å². The lowest BCUT2D eigenvalue weighted by Crippen LogP contribution is -2.18. The van der Waals surface area contributed by atoms with E-state index in [0.717, 1.165) is 36.0 Å². The molecule has 5 nitrogen and oxygen atoms in total. The molecule has 0 spiro atoms. The van der Waals surface area contributed by atoms with Crippen LogP contribution in [0.25, 0.3) is 16.6 Å². The molecule has 0 amide bonds. The molecule has 0 N–H and O–H groups in total. The summed E-state index contributed by atoms with van der Waals surface area (Å²) in [5, 5.41) is 10.7. The van der Waals surface area contributed by atoms with Gasteiger partial charge in [0.1, 0.15) is 11.9 Å². The second kappa shape index (κ2) is 5.20. The van der Waals surface area contributed by atoms with Gasteiger partial charge in [0, 0.05) is 17.9 Å². The quantitative estimate of drug-likeness (QED) is 0.739. The fourth-order valence-electron chi connectivity index (χ4n) is 3.45. The number of fused-ring (bicyclic) bond motifs is 1. The third kappa shape index (κ3) is 2.27. The van der Waals surface area contributed by atoms with Crippen molar-refractivity contribution in [2.45, 2.75) is 44.2 Å². The standard InChI is InChI=1S/C18H20N4O/c1-2-6-15-14(5-1)11-19-22(15)16-12-21(17-7-3-4-10-23-17)20-18(16)13-8-9-13/h1-2,5-6,11-13,17H,3-4,7-10H2. The highest BCUT2D eigenvalue weighted by molar-refractivity contribution is 5.80. The van der Waals surface area contributed by atoms with Gasteiger partial charge >= 0.3 is 0 Å². The van der Waals surface area contributed by atoms with Crippen LogP contribution >= 0.6 is 0 Å². The molecule has 1 saturated heterocycles. The van der Waals surface area contributed by atoms with Gasteiger partial charge in [0.25, 0.3) is 0 Å². The molecule has 1 aliphatic heterocycles. The maximum absolute atomic E-state index is 5.91. The Morgan fingerprint density at radius 1 is 1.09 bits per heavy atom. The molecule has 0 radical (unpaired) electrons. The molecule has 1 aromatic carbocycles. The molecule has 5 heteroatoms. The first-order valence-electron chi connectivity index (χ1n) is 8.54. The van der Waals surface area contributed by atoms with Crippen molar-refractivity contribution >= 4 is 10.9 Å². The van der Waals surface area contributed by atoms with E-state index in [1.807, 2.05) is 15.6 Å². The van der Waals surface area contributed by atoms with Crippen LogP contribution in [0.4, 0.5) is 0 Å². The Balaban J connectivity index is 1.62. The molecular weight excluding hydrogens is 288 g/mol. The number of hydrogen-bond donors (Lipinski definition) is 0. The Morgan fingerprint density at radius 3 is 2.83 bits per heavy atom. The molecular formula is C18H20N4O. The van der Waals surface area contributed by atoms with Gasteiger partial charge in [-0.25, -0.2) is 9.36 Å². The average molecular weight is 308 g/mol. The van der Waals surface area contributed by atoms with Gasteiger partial charge in [-0.1, -0.05) is 18.2 Å². The number of ether oxygens (including phenoxy) is 1. The van der Waals surface area contributed by atoms with Crippen molar-refractivity contribution in [1.29, 1.82) is 0 Å². The molecule has 3 heterocycles. The van der Waals surface area contributed by atoms with Crippen molar-refractivity contribution in [2.75, 3.05) is 6.61 Å². The van der Waals surface area contributed by atoms with Crippen molar-refractivity contribution in [1.82, 2.24) is 19.6 Å². The molecule has 5 rings (SSSR count). The Hall–Kier alpha value is -2.14. The minimum atomic E-state index is 0.0804. The maximum atomic E-state index is 5.91. The van der Waals surface area contributed by atoms with E-state index in [0.29, 0.717) is 5.92 Å². The molecule has 118 valence electrons. The predicted octanol–water partition coefficient (Wildman–Crippen LogP) is 3.80. The number of benzene rings is 1. The Kier molecular flexibility index (Phi) is 3.01. The van der Waals surface area contributed by atoms with Crippen LogP contribution in [0.1, 0.15) is 49.9 Å². The fraction of sp³-hybridized carbons (Fsp3) is 0.444. The zero-order chi connectivity index (χ0) is 15.2. The molecule has 1 saturated carbocycles. The molecule has 2 aliphatic rings. The number of nitrogens with zero attached hydrogens (tertiary/aromatic N) is 4. The van der Waals surface area contributed by atoms with E-state index in [4.69, 9.17) is 9.84 Å². The number of rotatable bonds is 3. The van der Waals surface area contributed by atoms with E-state index in [-0.39, 0.29) is 6.23 Å². The van der Waals surface area contributed by atoms with Gasteiger partial charge in [0.15, 0.2) is 0 Å². The first kappa shape index (κ1) is 13.3. The van der Waals surface area contributed by atoms with Crippen LogP contribution in [-0.2, 0) is 4.74 Å². The van der Waals surface area contributed by atoms with Crippen molar-refractivity contribution in [3.63, 3.8) is 0 Å². The van der Waals surface area contributed by atoms with Crippen LogP contribution in [0.3, 0.4) is 0 Å². The first-order valence-corrected chi connectivity index (χ1v) is 8.54. The molecule has 1 atom stereocenters. The van der Waals surface area contributed by atoms with Crippen LogP contribution in [0.2, 0.25) is 0 Å². The van der Waals surface area contributed by atoms with Crippen LogP contribution < -0.4 is 0 Å². The lowest BCUT2D eigenvalue weighted by atomic mass is 10.2. The summed E-state index contributed by atoms with van der Waals surface area (Å²) in [6.45, 7) is 0.837. The summed E-state index contributed by atoms with van der Waals surface area (Å²) in [6.07, 6.45) is 10.0. The van der Waals surface area contributed by atoms with E-state index < -0.39 is 0 Å². The third-order valence-electron chi connectivity index (χ3n) is 4.86. The maximum Gasteiger partial charge on any atom is 0.150 e. The van der Waals surface area contributed by atoms with Crippen molar-refractivity contribution in [3.8, 4) is 5.69 Å². The van der Waals surface area contributed by atoms with Crippen LogP contribution in [-0.4, -0.2) is 26.2 Å². The van der Waals surface area contributed by atoms with Gasteiger partial charge in [0.05, 0.1) is 23.6 Å². The molecule has 2 aromatic heterocycles. The van der Waals surface area contributed by atoms with Crippen LogP contribution in [0.5, 0.6) is 0 Å². The number of hydrogen-bond acceptors (Lipinski definition) is 3. The first-order chi connectivity index (χ1) is 11.4. The Morgan fingerprint density at radius 2 is 2.00 bits per heavy atom. The van der Waals surface area contributed by atoms with E-state index in [9.17, 15) is 0 Å². The summed E-state index contributed by atoms with van der Waals surface area (Å²) >= 11 is 0. The minimum absolute atomic E-state index is 0.0804. The Labute approximate surface area is 134 Å². The summed E-state index contributed by atoms with van der Waals surface area (Å²) in [4.78, 5) is 0. The SMILES string of the molecule is c1ccc2c(c1)cnn2-c1cn(C2CCCCO2)nc1C1CC1. The lowest BCUT2D eigenvalue weighted by molar-refractivity contribution is -0.0396. The van der Waals surface area contributed by atoms with E-state index in [1.165, 1.54) is 25.0 Å². The summed E-state index contributed by atoms with van der Waals surface area (Å²) in [5.41, 5.74) is 3.43. The van der Waals surface area contributed by atoms with Gasteiger partial charge in [-0.05, 0) is 38.2 Å². The molecule has 0 bridgehead atoms.